The van der Waals surface area contributed by atoms with Crippen molar-refractivity contribution in [3.05, 3.63) is 35.6 Å². The Labute approximate surface area is 117 Å². The quantitative estimate of drug-likeness (QED) is 0.644. The van der Waals surface area contributed by atoms with Gasteiger partial charge in [-0.2, -0.15) is 5.48 Å². The molecule has 0 aliphatic rings. The summed E-state index contributed by atoms with van der Waals surface area (Å²) in [6, 6.07) is 5.55. The van der Waals surface area contributed by atoms with Crippen molar-refractivity contribution >= 4 is 6.09 Å². The molecule has 1 amide bonds. The molecule has 5 nitrogen and oxygen atoms in total. The number of carbonyl (C=O) groups excluding carboxylic acids is 1. The normalized spacial score (nSPS) is 12.8. The summed E-state index contributed by atoms with van der Waals surface area (Å²) in [5.41, 5.74) is 2.12. The van der Waals surface area contributed by atoms with E-state index in [4.69, 9.17) is 9.57 Å². The number of hydrogen-bond acceptors (Lipinski definition) is 4. The summed E-state index contributed by atoms with van der Waals surface area (Å²) in [7, 11) is 0. The van der Waals surface area contributed by atoms with Crippen molar-refractivity contribution in [2.75, 3.05) is 6.61 Å². The highest BCUT2D eigenvalue weighted by Crippen LogP contribution is 2.16. The van der Waals surface area contributed by atoms with Gasteiger partial charge in [-0.05, 0) is 38.5 Å². The first-order chi connectivity index (χ1) is 9.28. The van der Waals surface area contributed by atoms with E-state index in [1.54, 1.807) is 20.8 Å². The number of hydrogen-bond donors (Lipinski definition) is 2. The van der Waals surface area contributed by atoms with Crippen molar-refractivity contribution in [3.63, 3.8) is 0 Å². The lowest BCUT2D eigenvalue weighted by molar-refractivity contribution is -0.0161. The Kier molecular flexibility index (Phi) is 5.91. The maximum Gasteiger partial charge on any atom is 0.431 e. The highest BCUT2D eigenvalue weighted by Gasteiger charge is 2.16. The van der Waals surface area contributed by atoms with Crippen LogP contribution in [0.1, 0.15) is 38.9 Å². The molecule has 1 aromatic carbocycles. The number of rotatable bonds is 5. The van der Waals surface area contributed by atoms with Crippen LogP contribution in [0.4, 0.5) is 9.18 Å². The van der Waals surface area contributed by atoms with Crippen LogP contribution in [-0.4, -0.2) is 23.4 Å². The van der Waals surface area contributed by atoms with Crippen LogP contribution in [0.5, 0.6) is 0 Å². The van der Waals surface area contributed by atoms with E-state index in [0.717, 1.165) is 0 Å². The third-order valence-electron chi connectivity index (χ3n) is 2.30. The number of halogens is 1. The fourth-order valence-electron chi connectivity index (χ4n) is 1.43. The SMILES string of the molecule is CC(C)(C)OC(=O)NOCCC(O)c1ccc(F)cc1. The zero-order valence-corrected chi connectivity index (χ0v) is 11.9. The molecule has 0 radical (unpaired) electrons. The fraction of sp³-hybridized carbons (Fsp3) is 0.500. The molecule has 20 heavy (non-hydrogen) atoms. The molecule has 0 bridgehead atoms. The maximum absolute atomic E-state index is 12.7. The molecule has 0 aliphatic carbocycles. The molecule has 112 valence electrons. The van der Waals surface area contributed by atoms with Gasteiger partial charge in [-0.25, -0.2) is 9.18 Å². The lowest BCUT2D eigenvalue weighted by atomic mass is 10.1. The van der Waals surface area contributed by atoms with Crippen LogP contribution in [0.3, 0.4) is 0 Å². The second-order valence-corrected chi connectivity index (χ2v) is 5.31. The van der Waals surface area contributed by atoms with Gasteiger partial charge in [-0.1, -0.05) is 12.1 Å². The average molecular weight is 285 g/mol. The van der Waals surface area contributed by atoms with Crippen molar-refractivity contribution in [3.8, 4) is 0 Å². The van der Waals surface area contributed by atoms with Crippen LogP contribution in [0.25, 0.3) is 0 Å². The molecule has 0 saturated carbocycles. The third-order valence-corrected chi connectivity index (χ3v) is 2.30. The van der Waals surface area contributed by atoms with E-state index in [2.05, 4.69) is 5.48 Å². The molecule has 1 rings (SSSR count). The van der Waals surface area contributed by atoms with E-state index >= 15 is 0 Å². The predicted molar refractivity (Wildman–Crippen MR) is 71.3 cm³/mol. The van der Waals surface area contributed by atoms with Gasteiger partial charge in [0.05, 0.1) is 12.7 Å². The molecule has 0 heterocycles. The van der Waals surface area contributed by atoms with E-state index in [0.29, 0.717) is 5.56 Å². The van der Waals surface area contributed by atoms with Crippen molar-refractivity contribution in [1.29, 1.82) is 0 Å². The van der Waals surface area contributed by atoms with E-state index in [1.165, 1.54) is 24.3 Å². The summed E-state index contributed by atoms with van der Waals surface area (Å²) < 4.78 is 17.7. The molecular weight excluding hydrogens is 265 g/mol. The zero-order valence-electron chi connectivity index (χ0n) is 11.9. The molecule has 0 aliphatic heterocycles. The van der Waals surface area contributed by atoms with Crippen LogP contribution in [-0.2, 0) is 9.57 Å². The van der Waals surface area contributed by atoms with Gasteiger partial charge in [0.25, 0.3) is 0 Å². The van der Waals surface area contributed by atoms with Crippen LogP contribution in [0.2, 0.25) is 0 Å². The third kappa shape index (κ3) is 6.49. The van der Waals surface area contributed by atoms with Gasteiger partial charge in [0.1, 0.15) is 11.4 Å². The zero-order chi connectivity index (χ0) is 15.2. The van der Waals surface area contributed by atoms with Gasteiger partial charge in [-0.3, -0.25) is 4.84 Å². The number of amides is 1. The van der Waals surface area contributed by atoms with Gasteiger partial charge < -0.3 is 9.84 Å². The Morgan fingerprint density at radius 2 is 1.95 bits per heavy atom. The molecule has 0 saturated heterocycles. The Morgan fingerprint density at radius 1 is 1.35 bits per heavy atom. The number of hydroxylamine groups is 1. The largest absolute Gasteiger partial charge is 0.442 e. The van der Waals surface area contributed by atoms with Crippen LogP contribution < -0.4 is 5.48 Å². The number of benzene rings is 1. The Bertz CT molecular complexity index is 428. The van der Waals surface area contributed by atoms with E-state index in [-0.39, 0.29) is 18.8 Å². The number of carbonyl (C=O) groups is 1. The minimum atomic E-state index is -0.781. The first kappa shape index (κ1) is 16.4. The van der Waals surface area contributed by atoms with Crippen molar-refractivity contribution in [1.82, 2.24) is 5.48 Å². The standard InChI is InChI=1S/C14H20FNO4/c1-14(2,3)20-13(18)16-19-9-8-12(17)10-4-6-11(15)7-5-10/h4-7,12,17H,8-9H2,1-3H3,(H,16,18). The summed E-state index contributed by atoms with van der Waals surface area (Å²) in [5.74, 6) is -0.358. The number of ether oxygens (including phenoxy) is 1. The predicted octanol–water partition coefficient (Wildman–Crippen LogP) is 2.71. The summed E-state index contributed by atoms with van der Waals surface area (Å²) in [6.07, 6.45) is -1.20. The maximum atomic E-state index is 12.7. The second-order valence-electron chi connectivity index (χ2n) is 5.31. The van der Waals surface area contributed by atoms with E-state index in [9.17, 15) is 14.3 Å². The molecule has 6 heteroatoms. The molecule has 1 atom stereocenters. The topological polar surface area (TPSA) is 67.8 Å². The van der Waals surface area contributed by atoms with Crippen molar-refractivity contribution in [2.24, 2.45) is 0 Å². The van der Waals surface area contributed by atoms with Gasteiger partial charge in [0, 0.05) is 6.42 Å². The fourth-order valence-corrected chi connectivity index (χ4v) is 1.43. The molecule has 2 N–H and O–H groups in total. The minimum absolute atomic E-state index is 0.109. The van der Waals surface area contributed by atoms with Gasteiger partial charge in [0.15, 0.2) is 0 Å². The monoisotopic (exact) mass is 285 g/mol. The summed E-state index contributed by atoms with van der Waals surface area (Å²) in [6.45, 7) is 5.33. The Morgan fingerprint density at radius 3 is 2.50 bits per heavy atom. The smallest absolute Gasteiger partial charge is 0.431 e. The summed E-state index contributed by atoms with van der Waals surface area (Å²) >= 11 is 0. The Balaban J connectivity index is 2.24. The van der Waals surface area contributed by atoms with Crippen LogP contribution in [0, 0.1) is 5.82 Å². The van der Waals surface area contributed by atoms with Crippen molar-refractivity contribution < 1.29 is 23.9 Å². The molecular formula is C14H20FNO4. The van der Waals surface area contributed by atoms with Crippen LogP contribution in [0.15, 0.2) is 24.3 Å². The second kappa shape index (κ2) is 7.21. The molecule has 0 spiro atoms. The number of aliphatic hydroxyl groups excluding tert-OH is 1. The van der Waals surface area contributed by atoms with E-state index < -0.39 is 17.8 Å². The van der Waals surface area contributed by atoms with Gasteiger partial charge >= 0.3 is 6.09 Å². The molecule has 0 aromatic heterocycles. The highest BCUT2D eigenvalue weighted by atomic mass is 19.1. The van der Waals surface area contributed by atoms with E-state index in [1.807, 2.05) is 0 Å². The highest BCUT2D eigenvalue weighted by molar-refractivity contribution is 5.66. The number of nitrogens with one attached hydrogen (secondary N) is 1. The van der Waals surface area contributed by atoms with Crippen molar-refractivity contribution in [2.45, 2.75) is 38.9 Å². The van der Waals surface area contributed by atoms with Crippen LogP contribution >= 0.6 is 0 Å². The lowest BCUT2D eigenvalue weighted by Gasteiger charge is -2.19. The Hall–Kier alpha value is -1.66. The molecule has 1 unspecified atom stereocenters. The number of aliphatic hydroxyl groups is 1. The van der Waals surface area contributed by atoms with Gasteiger partial charge in [0.2, 0.25) is 0 Å². The molecule has 0 fully saturated rings. The summed E-state index contributed by atoms with van der Waals surface area (Å²) in [4.78, 5) is 16.1. The minimum Gasteiger partial charge on any atom is -0.442 e. The molecule has 1 aromatic rings. The lowest BCUT2D eigenvalue weighted by Crippen LogP contribution is -2.32. The average Bonchev–Trinajstić information content (AvgIpc) is 2.33. The first-order valence-corrected chi connectivity index (χ1v) is 6.32. The summed E-state index contributed by atoms with van der Waals surface area (Å²) in [5, 5.41) is 9.82. The van der Waals surface area contributed by atoms with Gasteiger partial charge in [-0.15, -0.1) is 0 Å². The first-order valence-electron chi connectivity index (χ1n) is 6.32.